The van der Waals surface area contributed by atoms with E-state index in [1.54, 1.807) is 6.07 Å². The van der Waals surface area contributed by atoms with E-state index in [0.717, 1.165) is 0 Å². The SMILES string of the molecule is Cc1[nH]nc(C(=O)O)c1S(=O)(=O)Nc1c(Cl)cccc1Cl. The third kappa shape index (κ3) is 2.97. The van der Waals surface area contributed by atoms with Crippen molar-refractivity contribution in [2.24, 2.45) is 0 Å². The third-order valence-corrected chi connectivity index (χ3v) is 4.70. The summed E-state index contributed by atoms with van der Waals surface area (Å²) in [6.07, 6.45) is 0. The van der Waals surface area contributed by atoms with Crippen LogP contribution in [0.5, 0.6) is 0 Å². The number of carboxylic acid groups (broad SMARTS) is 1. The molecule has 0 spiro atoms. The molecule has 1 aromatic heterocycles. The quantitative estimate of drug-likeness (QED) is 0.784. The predicted molar refractivity (Wildman–Crippen MR) is 77.6 cm³/mol. The fraction of sp³-hybridized carbons (Fsp3) is 0.0909. The molecule has 1 heterocycles. The number of nitrogens with one attached hydrogen (secondary N) is 2. The fourth-order valence-electron chi connectivity index (χ4n) is 1.67. The van der Waals surface area contributed by atoms with Crippen LogP contribution in [0.3, 0.4) is 0 Å². The number of benzene rings is 1. The predicted octanol–water partition coefficient (Wildman–Crippen LogP) is 2.52. The van der Waals surface area contributed by atoms with Crippen LogP contribution in [-0.2, 0) is 10.0 Å². The lowest BCUT2D eigenvalue weighted by atomic mass is 10.3. The van der Waals surface area contributed by atoms with E-state index >= 15 is 0 Å². The second-order valence-electron chi connectivity index (χ2n) is 4.03. The molecule has 0 aliphatic carbocycles. The van der Waals surface area contributed by atoms with Gasteiger partial charge in [-0.15, -0.1) is 0 Å². The monoisotopic (exact) mass is 349 g/mol. The fourth-order valence-corrected chi connectivity index (χ4v) is 3.70. The molecule has 0 saturated heterocycles. The molecule has 2 aromatic rings. The minimum atomic E-state index is -4.21. The molecular weight excluding hydrogens is 341 g/mol. The van der Waals surface area contributed by atoms with E-state index in [1.165, 1.54) is 19.1 Å². The van der Waals surface area contributed by atoms with Gasteiger partial charge in [0.1, 0.15) is 4.90 Å². The van der Waals surface area contributed by atoms with E-state index in [9.17, 15) is 13.2 Å². The van der Waals surface area contributed by atoms with Crippen LogP contribution >= 0.6 is 23.2 Å². The highest BCUT2D eigenvalue weighted by molar-refractivity contribution is 7.92. The van der Waals surface area contributed by atoms with Gasteiger partial charge < -0.3 is 5.11 Å². The molecule has 7 nitrogen and oxygen atoms in total. The van der Waals surface area contributed by atoms with Crippen LogP contribution in [0.15, 0.2) is 23.1 Å². The minimum absolute atomic E-state index is 0.0298. The van der Waals surface area contributed by atoms with Crippen molar-refractivity contribution < 1.29 is 18.3 Å². The Hall–Kier alpha value is -1.77. The number of carboxylic acids is 1. The smallest absolute Gasteiger partial charge is 0.357 e. The average Bonchev–Trinajstić information content (AvgIpc) is 2.77. The number of aromatic nitrogens is 2. The average molecular weight is 350 g/mol. The van der Waals surface area contributed by atoms with E-state index in [-0.39, 0.29) is 21.4 Å². The Balaban J connectivity index is 2.54. The van der Waals surface area contributed by atoms with Gasteiger partial charge in [-0.3, -0.25) is 9.82 Å². The zero-order valence-corrected chi connectivity index (χ0v) is 12.8. The Labute approximate surface area is 129 Å². The molecule has 1 aromatic carbocycles. The van der Waals surface area contributed by atoms with Crippen molar-refractivity contribution in [3.05, 3.63) is 39.6 Å². The topological polar surface area (TPSA) is 112 Å². The molecule has 0 aliphatic heterocycles. The molecule has 112 valence electrons. The molecule has 0 saturated carbocycles. The van der Waals surface area contributed by atoms with Gasteiger partial charge in [-0.05, 0) is 19.1 Å². The molecule has 10 heteroatoms. The van der Waals surface area contributed by atoms with Crippen molar-refractivity contribution >= 4 is 44.9 Å². The van der Waals surface area contributed by atoms with Crippen LogP contribution in [0.25, 0.3) is 0 Å². The highest BCUT2D eigenvalue weighted by atomic mass is 35.5. The first-order valence-electron chi connectivity index (χ1n) is 5.49. The lowest BCUT2D eigenvalue weighted by Crippen LogP contribution is -2.17. The summed E-state index contributed by atoms with van der Waals surface area (Å²) in [6, 6.07) is 4.45. The Bertz CT molecular complexity index is 797. The number of rotatable bonds is 4. The zero-order valence-electron chi connectivity index (χ0n) is 10.5. The van der Waals surface area contributed by atoms with Crippen molar-refractivity contribution in [1.82, 2.24) is 10.2 Å². The van der Waals surface area contributed by atoms with Gasteiger partial charge in [0, 0.05) is 0 Å². The van der Waals surface area contributed by atoms with Gasteiger partial charge in [-0.1, -0.05) is 29.3 Å². The number of sulfonamides is 1. The molecule has 0 fully saturated rings. The zero-order chi connectivity index (χ0) is 15.8. The maximum absolute atomic E-state index is 12.4. The number of halogens is 2. The van der Waals surface area contributed by atoms with Gasteiger partial charge in [0.15, 0.2) is 5.69 Å². The summed E-state index contributed by atoms with van der Waals surface area (Å²) >= 11 is 11.8. The molecule has 3 N–H and O–H groups in total. The number of nitrogens with zero attached hydrogens (tertiary/aromatic N) is 1. The van der Waals surface area contributed by atoms with E-state index < -0.39 is 26.6 Å². The summed E-state index contributed by atoms with van der Waals surface area (Å²) < 4.78 is 26.9. The molecule has 0 atom stereocenters. The van der Waals surface area contributed by atoms with Gasteiger partial charge in [0.2, 0.25) is 0 Å². The number of H-pyrrole nitrogens is 1. The van der Waals surface area contributed by atoms with E-state index in [1.807, 2.05) is 0 Å². The van der Waals surface area contributed by atoms with E-state index in [0.29, 0.717) is 0 Å². The van der Waals surface area contributed by atoms with Crippen LogP contribution < -0.4 is 4.72 Å². The third-order valence-electron chi connectivity index (χ3n) is 2.56. The van der Waals surface area contributed by atoms with Crippen LogP contribution in [0.2, 0.25) is 10.0 Å². The van der Waals surface area contributed by atoms with Crippen LogP contribution in [0.1, 0.15) is 16.2 Å². The standard InChI is InChI=1S/C11H9Cl2N3O4S/c1-5-10(9(11(17)18)15-14-5)21(19,20)16-8-6(12)3-2-4-7(8)13/h2-4,16H,1H3,(H,14,15)(H,17,18). The minimum Gasteiger partial charge on any atom is -0.476 e. The maximum atomic E-state index is 12.4. The molecule has 0 unspecified atom stereocenters. The Kier molecular flexibility index (Phi) is 4.13. The summed E-state index contributed by atoms with van der Waals surface area (Å²) in [5.74, 6) is -1.47. The molecular formula is C11H9Cl2N3O4S. The second-order valence-corrected chi connectivity index (χ2v) is 6.47. The number of aryl methyl sites for hydroxylation is 1. The summed E-state index contributed by atoms with van der Waals surface area (Å²) in [5.41, 5.74) is -0.552. The number of hydrogen-bond acceptors (Lipinski definition) is 4. The normalized spacial score (nSPS) is 11.4. The number of anilines is 1. The van der Waals surface area contributed by atoms with Crippen molar-refractivity contribution in [2.45, 2.75) is 11.8 Å². The van der Waals surface area contributed by atoms with Gasteiger partial charge >= 0.3 is 5.97 Å². The highest BCUT2D eigenvalue weighted by Crippen LogP contribution is 2.32. The number of aromatic carboxylic acids is 1. The van der Waals surface area contributed by atoms with Crippen molar-refractivity contribution in [2.75, 3.05) is 4.72 Å². The van der Waals surface area contributed by atoms with Crippen molar-refractivity contribution in [3.63, 3.8) is 0 Å². The lowest BCUT2D eigenvalue weighted by molar-refractivity contribution is 0.0686. The number of hydrogen-bond donors (Lipinski definition) is 3. The van der Waals surface area contributed by atoms with Gasteiger partial charge in [-0.25, -0.2) is 13.2 Å². The van der Waals surface area contributed by atoms with Crippen molar-refractivity contribution in [1.29, 1.82) is 0 Å². The summed E-state index contributed by atoms with van der Waals surface area (Å²) in [5, 5.41) is 14.9. The first kappa shape index (κ1) is 15.6. The summed E-state index contributed by atoms with van der Waals surface area (Å²) in [7, 11) is -4.21. The largest absolute Gasteiger partial charge is 0.476 e. The van der Waals surface area contributed by atoms with Crippen LogP contribution in [-0.4, -0.2) is 29.7 Å². The first-order chi connectivity index (χ1) is 9.74. The van der Waals surface area contributed by atoms with Crippen LogP contribution in [0, 0.1) is 6.92 Å². The van der Waals surface area contributed by atoms with E-state index in [4.69, 9.17) is 28.3 Å². The van der Waals surface area contributed by atoms with Gasteiger partial charge in [0.05, 0.1) is 21.4 Å². The maximum Gasteiger partial charge on any atom is 0.357 e. The molecule has 0 aliphatic rings. The molecule has 0 radical (unpaired) electrons. The molecule has 0 bridgehead atoms. The molecule has 21 heavy (non-hydrogen) atoms. The van der Waals surface area contributed by atoms with Crippen LogP contribution in [0.4, 0.5) is 5.69 Å². The Morgan fingerprint density at radius 1 is 1.33 bits per heavy atom. The van der Waals surface area contributed by atoms with E-state index in [2.05, 4.69) is 14.9 Å². The highest BCUT2D eigenvalue weighted by Gasteiger charge is 2.29. The number of para-hydroxylation sites is 1. The number of aromatic amines is 1. The molecule has 0 amide bonds. The Morgan fingerprint density at radius 2 is 1.90 bits per heavy atom. The first-order valence-corrected chi connectivity index (χ1v) is 7.73. The summed E-state index contributed by atoms with van der Waals surface area (Å²) in [4.78, 5) is 10.6. The van der Waals surface area contributed by atoms with Gasteiger partial charge in [-0.2, -0.15) is 5.10 Å². The Morgan fingerprint density at radius 3 is 2.43 bits per heavy atom. The second kappa shape index (κ2) is 5.55. The van der Waals surface area contributed by atoms with Crippen molar-refractivity contribution in [3.8, 4) is 0 Å². The lowest BCUT2D eigenvalue weighted by Gasteiger charge is -2.11. The number of carbonyl (C=O) groups is 1. The molecule has 2 rings (SSSR count). The van der Waals surface area contributed by atoms with Gasteiger partial charge in [0.25, 0.3) is 10.0 Å². The summed E-state index contributed by atoms with van der Waals surface area (Å²) in [6.45, 7) is 1.39.